The molecule has 0 bridgehead atoms. The summed E-state index contributed by atoms with van der Waals surface area (Å²) < 4.78 is 5.39. The van der Waals surface area contributed by atoms with Crippen LogP contribution in [0.15, 0.2) is 42.5 Å². The summed E-state index contributed by atoms with van der Waals surface area (Å²) in [6.07, 6.45) is 0.910. The largest absolute Gasteiger partial charge is 0.497 e. The van der Waals surface area contributed by atoms with E-state index in [1.165, 1.54) is 0 Å². The number of carbonyl (C=O) groups excluding carboxylic acids is 1. The molecule has 1 saturated heterocycles. The van der Waals surface area contributed by atoms with E-state index in [0.29, 0.717) is 16.6 Å². The zero-order valence-corrected chi connectivity index (χ0v) is 21.0. The van der Waals surface area contributed by atoms with Crippen molar-refractivity contribution in [3.05, 3.63) is 63.6 Å². The minimum Gasteiger partial charge on any atom is -0.497 e. The summed E-state index contributed by atoms with van der Waals surface area (Å²) in [5.41, 5.74) is 1.78. The molecule has 2 atom stereocenters. The molecule has 1 fully saturated rings. The summed E-state index contributed by atoms with van der Waals surface area (Å²) in [5, 5.41) is 4.11. The first-order valence-electron chi connectivity index (χ1n) is 10.9. The molecule has 0 aliphatic carbocycles. The zero-order valence-electron chi connectivity index (χ0n) is 19.5. The van der Waals surface area contributed by atoms with Gasteiger partial charge >= 0.3 is 6.03 Å². The summed E-state index contributed by atoms with van der Waals surface area (Å²) >= 11 is 12.6. The fourth-order valence-corrected chi connectivity index (χ4v) is 5.15. The van der Waals surface area contributed by atoms with Crippen LogP contribution in [0.2, 0.25) is 10.0 Å². The molecule has 0 spiro atoms. The Bertz CT molecular complexity index is 951. The maximum atomic E-state index is 13.6. The van der Waals surface area contributed by atoms with Gasteiger partial charge in [-0.1, -0.05) is 61.3 Å². The third-order valence-electron chi connectivity index (χ3n) is 6.28. The number of halogens is 2. The first-order chi connectivity index (χ1) is 15.1. The van der Waals surface area contributed by atoms with Crippen molar-refractivity contribution in [3.63, 3.8) is 0 Å². The number of methoxy groups -OCH3 is 1. The van der Waals surface area contributed by atoms with Crippen molar-refractivity contribution in [1.29, 1.82) is 0 Å². The number of ether oxygens (including phenoxy) is 1. The van der Waals surface area contributed by atoms with Crippen molar-refractivity contribution in [2.45, 2.75) is 45.8 Å². The third-order valence-corrected chi connectivity index (χ3v) is 7.11. The van der Waals surface area contributed by atoms with E-state index in [2.05, 4.69) is 31.1 Å². The van der Waals surface area contributed by atoms with Gasteiger partial charge in [-0.3, -0.25) is 0 Å². The highest BCUT2D eigenvalue weighted by molar-refractivity contribution is 6.42. The molecular weight excluding hydrogens is 445 g/mol. The molecule has 5 nitrogen and oxygen atoms in total. The van der Waals surface area contributed by atoms with E-state index in [9.17, 15) is 4.79 Å². The number of nitrogens with zero attached hydrogens (tertiary/aromatic N) is 2. The predicted molar refractivity (Wildman–Crippen MR) is 132 cm³/mol. The summed E-state index contributed by atoms with van der Waals surface area (Å²) in [6, 6.07) is 13.1. The Hall–Kier alpha value is -1.95. The van der Waals surface area contributed by atoms with Gasteiger partial charge in [-0.2, -0.15) is 0 Å². The maximum Gasteiger partial charge on any atom is 0.318 e. The minimum absolute atomic E-state index is 0.0554. The maximum absolute atomic E-state index is 13.6. The molecule has 3 rings (SSSR count). The Morgan fingerprint density at radius 3 is 2.69 bits per heavy atom. The molecule has 2 amide bonds. The van der Waals surface area contributed by atoms with Gasteiger partial charge < -0.3 is 19.9 Å². The second-order valence-corrected chi connectivity index (χ2v) is 10.1. The van der Waals surface area contributed by atoms with Crippen LogP contribution in [0, 0.1) is 5.41 Å². The SMILES string of the molecule is COc1cccc(CN(C(=O)N[C@H](C)c2cccc(Cl)c2Cl)C2CCN(C)CC2(C)C)c1. The van der Waals surface area contributed by atoms with Crippen LogP contribution in [0.5, 0.6) is 5.75 Å². The molecule has 2 aromatic rings. The summed E-state index contributed by atoms with van der Waals surface area (Å²) in [7, 11) is 3.79. The number of urea groups is 1. The lowest BCUT2D eigenvalue weighted by Crippen LogP contribution is -2.58. The standard InChI is InChI=1S/C25H33Cl2N3O2/c1-17(20-10-7-11-21(26)23(20)27)28-24(31)30(15-18-8-6-9-19(14-18)32-5)22-12-13-29(4)16-25(22,2)3/h6-11,14,17,22H,12-13,15-16H2,1-5H3,(H,28,31)/t17-,22?/m1/s1. The van der Waals surface area contributed by atoms with Gasteiger partial charge in [-0.15, -0.1) is 0 Å². The van der Waals surface area contributed by atoms with E-state index >= 15 is 0 Å². The number of amides is 2. The fraction of sp³-hybridized carbons (Fsp3) is 0.480. The Morgan fingerprint density at radius 1 is 1.28 bits per heavy atom. The summed E-state index contributed by atoms with van der Waals surface area (Å²) in [5.74, 6) is 0.782. The second-order valence-electron chi connectivity index (χ2n) is 9.32. The predicted octanol–water partition coefficient (Wildman–Crippen LogP) is 6.01. The van der Waals surface area contributed by atoms with Crippen LogP contribution >= 0.6 is 23.2 Å². The van der Waals surface area contributed by atoms with Crippen LogP contribution in [0.25, 0.3) is 0 Å². The molecule has 1 N–H and O–H groups in total. The highest BCUT2D eigenvalue weighted by Crippen LogP contribution is 2.35. The molecule has 0 aromatic heterocycles. The van der Waals surface area contributed by atoms with E-state index in [4.69, 9.17) is 27.9 Å². The van der Waals surface area contributed by atoms with Crippen molar-refractivity contribution >= 4 is 29.2 Å². The lowest BCUT2D eigenvalue weighted by atomic mass is 9.78. The third kappa shape index (κ3) is 5.69. The quantitative estimate of drug-likeness (QED) is 0.554. The smallest absolute Gasteiger partial charge is 0.318 e. The van der Waals surface area contributed by atoms with Gasteiger partial charge in [0.05, 0.1) is 23.2 Å². The lowest BCUT2D eigenvalue weighted by Gasteiger charge is -2.48. The Balaban J connectivity index is 1.88. The van der Waals surface area contributed by atoms with E-state index in [1.54, 1.807) is 13.2 Å². The number of rotatable bonds is 6. The van der Waals surface area contributed by atoms with Gasteiger partial charge in [0, 0.05) is 19.1 Å². The van der Waals surface area contributed by atoms with E-state index in [1.807, 2.05) is 48.2 Å². The molecule has 0 radical (unpaired) electrons. The number of likely N-dealkylation sites (tertiary alicyclic amines) is 1. The first kappa shape index (κ1) is 24.7. The van der Waals surface area contributed by atoms with Crippen LogP contribution < -0.4 is 10.1 Å². The molecule has 32 heavy (non-hydrogen) atoms. The van der Waals surface area contributed by atoms with Crippen molar-refractivity contribution in [2.75, 3.05) is 27.2 Å². The highest BCUT2D eigenvalue weighted by atomic mass is 35.5. The average molecular weight is 478 g/mol. The van der Waals surface area contributed by atoms with Crippen LogP contribution in [-0.2, 0) is 6.54 Å². The normalized spacial score (nSPS) is 19.3. The zero-order chi connectivity index (χ0) is 23.5. The monoisotopic (exact) mass is 477 g/mol. The number of piperidine rings is 1. The fourth-order valence-electron chi connectivity index (χ4n) is 4.68. The Kier molecular flexibility index (Phi) is 7.97. The molecule has 1 aliphatic rings. The van der Waals surface area contributed by atoms with Gasteiger partial charge in [0.2, 0.25) is 0 Å². The lowest BCUT2D eigenvalue weighted by molar-refractivity contribution is 0.0300. The minimum atomic E-state index is -0.282. The molecule has 1 unspecified atom stereocenters. The summed E-state index contributed by atoms with van der Waals surface area (Å²) in [4.78, 5) is 17.9. The number of carbonyl (C=O) groups is 1. The number of nitrogens with one attached hydrogen (secondary N) is 1. The van der Waals surface area contributed by atoms with E-state index in [-0.39, 0.29) is 23.5 Å². The van der Waals surface area contributed by atoms with E-state index < -0.39 is 0 Å². The van der Waals surface area contributed by atoms with Gasteiger partial charge in [0.25, 0.3) is 0 Å². The number of hydrogen-bond acceptors (Lipinski definition) is 3. The first-order valence-corrected chi connectivity index (χ1v) is 11.7. The number of benzene rings is 2. The average Bonchev–Trinajstić information content (AvgIpc) is 2.73. The van der Waals surface area contributed by atoms with Crippen molar-refractivity contribution in [1.82, 2.24) is 15.1 Å². The molecule has 0 saturated carbocycles. The van der Waals surface area contributed by atoms with Gasteiger partial charge in [0.1, 0.15) is 5.75 Å². The summed E-state index contributed by atoms with van der Waals surface area (Å²) in [6.45, 7) is 8.77. The topological polar surface area (TPSA) is 44.8 Å². The molecule has 1 aliphatic heterocycles. The van der Waals surface area contributed by atoms with Crippen molar-refractivity contribution < 1.29 is 9.53 Å². The number of hydrogen-bond donors (Lipinski definition) is 1. The highest BCUT2D eigenvalue weighted by Gasteiger charge is 2.40. The van der Waals surface area contributed by atoms with Crippen LogP contribution in [-0.4, -0.2) is 49.1 Å². The van der Waals surface area contributed by atoms with Gasteiger partial charge in [-0.05, 0) is 61.7 Å². The van der Waals surface area contributed by atoms with Crippen molar-refractivity contribution in [3.8, 4) is 5.75 Å². The second kappa shape index (κ2) is 10.3. The van der Waals surface area contributed by atoms with Crippen LogP contribution in [0.3, 0.4) is 0 Å². The van der Waals surface area contributed by atoms with Gasteiger partial charge in [0.15, 0.2) is 0 Å². The molecule has 174 valence electrons. The van der Waals surface area contributed by atoms with Gasteiger partial charge in [-0.25, -0.2) is 4.79 Å². The molecule has 2 aromatic carbocycles. The van der Waals surface area contributed by atoms with Crippen molar-refractivity contribution in [2.24, 2.45) is 5.41 Å². The Morgan fingerprint density at radius 2 is 2.00 bits per heavy atom. The Labute approximate surface area is 201 Å². The molecule has 1 heterocycles. The van der Waals surface area contributed by atoms with E-state index in [0.717, 1.165) is 36.4 Å². The van der Waals surface area contributed by atoms with Crippen LogP contribution in [0.1, 0.15) is 44.4 Å². The molecule has 7 heteroatoms. The van der Waals surface area contributed by atoms with Crippen LogP contribution in [0.4, 0.5) is 4.79 Å². The molecular formula is C25H33Cl2N3O2.